The van der Waals surface area contributed by atoms with Crippen LogP contribution >= 0.6 is 0 Å². The van der Waals surface area contributed by atoms with Gasteiger partial charge in [0.2, 0.25) is 5.43 Å². The first-order chi connectivity index (χ1) is 15.0. The number of nitrogens with zero attached hydrogens (tertiary/aromatic N) is 3. The van der Waals surface area contributed by atoms with Gasteiger partial charge in [-0.2, -0.15) is 0 Å². The van der Waals surface area contributed by atoms with Gasteiger partial charge < -0.3 is 14.1 Å². The van der Waals surface area contributed by atoms with Crippen molar-refractivity contribution in [1.29, 1.82) is 0 Å². The Hall–Kier alpha value is -3.12. The summed E-state index contributed by atoms with van der Waals surface area (Å²) in [5.74, 6) is 0.812. The molecule has 0 amide bonds. The van der Waals surface area contributed by atoms with Crippen molar-refractivity contribution in [2.75, 3.05) is 13.1 Å². The summed E-state index contributed by atoms with van der Waals surface area (Å²) in [5, 5.41) is 11.5. The zero-order valence-corrected chi connectivity index (χ0v) is 18.6. The van der Waals surface area contributed by atoms with Crippen LogP contribution in [0.15, 0.2) is 45.8 Å². The van der Waals surface area contributed by atoms with Gasteiger partial charge in [-0.05, 0) is 43.3 Å². The number of aromatic nitrogens is 2. The lowest BCUT2D eigenvalue weighted by molar-refractivity contribution is 0.290. The van der Waals surface area contributed by atoms with Gasteiger partial charge >= 0.3 is 0 Å². The molecule has 0 aliphatic carbocycles. The number of hydrogen-bond acceptors (Lipinski definition) is 5. The van der Waals surface area contributed by atoms with Crippen molar-refractivity contribution in [3.05, 3.63) is 57.9 Å². The zero-order valence-electron chi connectivity index (χ0n) is 18.6. The molecule has 0 bridgehead atoms. The van der Waals surface area contributed by atoms with Gasteiger partial charge in [-0.1, -0.05) is 39.3 Å². The van der Waals surface area contributed by atoms with Crippen LogP contribution in [0.1, 0.15) is 38.3 Å². The maximum Gasteiger partial charge on any atom is 0.203 e. The fourth-order valence-electron chi connectivity index (χ4n) is 4.21. The van der Waals surface area contributed by atoms with E-state index >= 15 is 0 Å². The Bertz CT molecular complexity index is 1300. The normalized spacial score (nSPS) is 11.8. The highest BCUT2D eigenvalue weighted by atomic mass is 16.3. The van der Waals surface area contributed by atoms with E-state index in [0.717, 1.165) is 36.1 Å². The van der Waals surface area contributed by atoms with E-state index in [1.165, 1.54) is 6.26 Å². The third kappa shape index (κ3) is 3.61. The maximum absolute atomic E-state index is 13.6. The van der Waals surface area contributed by atoms with Crippen LogP contribution in [0.5, 0.6) is 5.75 Å². The van der Waals surface area contributed by atoms with Crippen LogP contribution in [0.4, 0.5) is 0 Å². The van der Waals surface area contributed by atoms with Gasteiger partial charge in [0.05, 0.1) is 22.0 Å². The highest BCUT2D eigenvalue weighted by molar-refractivity contribution is 5.87. The number of rotatable bonds is 7. The summed E-state index contributed by atoms with van der Waals surface area (Å²) >= 11 is 0. The molecule has 4 aromatic rings. The molecule has 0 saturated heterocycles. The molecule has 0 saturated carbocycles. The summed E-state index contributed by atoms with van der Waals surface area (Å²) in [6.07, 6.45) is 3.05. The lowest BCUT2D eigenvalue weighted by Gasteiger charge is -2.20. The average Bonchev–Trinajstić information content (AvgIpc) is 3.11. The first-order valence-electron chi connectivity index (χ1n) is 10.9. The fraction of sp³-hybridized carbons (Fsp3) is 0.360. The van der Waals surface area contributed by atoms with Crippen molar-refractivity contribution in [3.63, 3.8) is 0 Å². The van der Waals surface area contributed by atoms with E-state index in [1.807, 2.05) is 35.9 Å². The van der Waals surface area contributed by atoms with Gasteiger partial charge in [0.1, 0.15) is 29.0 Å². The van der Waals surface area contributed by atoms with Crippen LogP contribution in [-0.2, 0) is 20.0 Å². The second kappa shape index (κ2) is 8.55. The molecule has 0 aliphatic heterocycles. The molecule has 0 radical (unpaired) electrons. The molecule has 2 aromatic carbocycles. The van der Waals surface area contributed by atoms with E-state index in [4.69, 9.17) is 4.42 Å². The highest BCUT2D eigenvalue weighted by Gasteiger charge is 2.21. The lowest BCUT2D eigenvalue weighted by atomic mass is 9.99. The predicted molar refractivity (Wildman–Crippen MR) is 124 cm³/mol. The molecule has 6 nitrogen and oxygen atoms in total. The van der Waals surface area contributed by atoms with Crippen molar-refractivity contribution >= 4 is 22.0 Å². The number of aryl methyl sites for hydroxylation is 2. The number of phenols is 1. The van der Waals surface area contributed by atoms with Crippen LogP contribution in [0, 0.1) is 0 Å². The van der Waals surface area contributed by atoms with Crippen molar-refractivity contribution in [2.45, 2.75) is 40.2 Å². The van der Waals surface area contributed by atoms with E-state index in [9.17, 15) is 9.90 Å². The molecular formula is C25H29N3O3. The second-order valence-corrected chi connectivity index (χ2v) is 7.91. The highest BCUT2D eigenvalue weighted by Crippen LogP contribution is 2.33. The SMILES string of the molecule is CCCc1cc2c(=O)c(-c3nc4ccccc4n3C)coc2c(CN(CC)CC)c1O. The second-order valence-electron chi connectivity index (χ2n) is 7.91. The molecule has 0 unspecified atom stereocenters. The first kappa shape index (κ1) is 21.1. The van der Waals surface area contributed by atoms with E-state index in [-0.39, 0.29) is 11.2 Å². The third-order valence-corrected chi connectivity index (χ3v) is 6.03. The summed E-state index contributed by atoms with van der Waals surface area (Å²) in [6.45, 7) is 8.44. The molecule has 31 heavy (non-hydrogen) atoms. The molecule has 4 rings (SSSR count). The number of para-hydroxylation sites is 2. The smallest absolute Gasteiger partial charge is 0.203 e. The molecule has 2 aromatic heterocycles. The maximum atomic E-state index is 13.6. The summed E-state index contributed by atoms with van der Waals surface area (Å²) in [5.41, 5.74) is 4.00. The fourth-order valence-corrected chi connectivity index (χ4v) is 4.21. The molecule has 0 spiro atoms. The van der Waals surface area contributed by atoms with Gasteiger partial charge in [-0.3, -0.25) is 9.69 Å². The molecule has 0 atom stereocenters. The standard InChI is InChI=1S/C25H29N3O3/c1-5-10-16-13-17-23(30)19(25-26-20-11-8-9-12-21(20)27(25)4)15-31-24(17)18(22(16)29)14-28(6-2)7-3/h8-9,11-13,15,29H,5-7,10,14H2,1-4H3. The third-order valence-electron chi connectivity index (χ3n) is 6.03. The number of benzene rings is 2. The van der Waals surface area contributed by atoms with Crippen molar-refractivity contribution in [2.24, 2.45) is 7.05 Å². The molecule has 0 aliphatic rings. The van der Waals surface area contributed by atoms with Gasteiger partial charge in [0.15, 0.2) is 0 Å². The number of aromatic hydroxyl groups is 1. The largest absolute Gasteiger partial charge is 0.507 e. The topological polar surface area (TPSA) is 71.5 Å². The Morgan fingerprint density at radius 1 is 1.16 bits per heavy atom. The van der Waals surface area contributed by atoms with E-state index in [0.29, 0.717) is 40.9 Å². The zero-order chi connectivity index (χ0) is 22.1. The molecule has 1 N–H and O–H groups in total. The van der Waals surface area contributed by atoms with Crippen LogP contribution in [0.25, 0.3) is 33.4 Å². The molecule has 162 valence electrons. The predicted octanol–water partition coefficient (Wildman–Crippen LogP) is 4.85. The van der Waals surface area contributed by atoms with Gasteiger partial charge in [0.25, 0.3) is 0 Å². The Morgan fingerprint density at radius 2 is 1.90 bits per heavy atom. The van der Waals surface area contributed by atoms with E-state index in [2.05, 4.69) is 30.7 Å². The van der Waals surface area contributed by atoms with Crippen LogP contribution in [0.2, 0.25) is 0 Å². The monoisotopic (exact) mass is 419 g/mol. The average molecular weight is 420 g/mol. The van der Waals surface area contributed by atoms with Gasteiger partial charge in [-0.15, -0.1) is 0 Å². The van der Waals surface area contributed by atoms with Crippen molar-refractivity contribution < 1.29 is 9.52 Å². The minimum atomic E-state index is -0.127. The number of phenolic OH excluding ortho intramolecular Hbond substituents is 1. The van der Waals surface area contributed by atoms with Gasteiger partial charge in [-0.25, -0.2) is 4.98 Å². The Kier molecular flexibility index (Phi) is 5.83. The Labute approximate surface area is 181 Å². The molecule has 2 heterocycles. The van der Waals surface area contributed by atoms with E-state index < -0.39 is 0 Å². The Morgan fingerprint density at radius 3 is 2.58 bits per heavy atom. The summed E-state index contributed by atoms with van der Waals surface area (Å²) in [7, 11) is 1.90. The lowest BCUT2D eigenvalue weighted by Crippen LogP contribution is -2.23. The summed E-state index contributed by atoms with van der Waals surface area (Å²) < 4.78 is 7.94. The van der Waals surface area contributed by atoms with Crippen LogP contribution in [-0.4, -0.2) is 32.6 Å². The number of imidazole rings is 1. The number of fused-ring (bicyclic) bond motifs is 2. The molecule has 6 heteroatoms. The summed E-state index contributed by atoms with van der Waals surface area (Å²) in [4.78, 5) is 20.5. The molecule has 0 fully saturated rings. The summed E-state index contributed by atoms with van der Waals surface area (Å²) in [6, 6.07) is 9.59. The van der Waals surface area contributed by atoms with Crippen molar-refractivity contribution in [1.82, 2.24) is 14.5 Å². The number of hydrogen-bond donors (Lipinski definition) is 1. The molecular weight excluding hydrogens is 390 g/mol. The minimum Gasteiger partial charge on any atom is -0.507 e. The van der Waals surface area contributed by atoms with E-state index in [1.54, 1.807) is 6.07 Å². The van der Waals surface area contributed by atoms with Crippen molar-refractivity contribution in [3.8, 4) is 17.1 Å². The van der Waals surface area contributed by atoms with Crippen LogP contribution in [0.3, 0.4) is 0 Å². The van der Waals surface area contributed by atoms with Gasteiger partial charge in [0, 0.05) is 13.6 Å². The van der Waals surface area contributed by atoms with Crippen LogP contribution < -0.4 is 5.43 Å². The first-order valence-corrected chi connectivity index (χ1v) is 10.9. The quantitative estimate of drug-likeness (QED) is 0.464. The minimum absolute atomic E-state index is 0.127. The Balaban J connectivity index is 1.97.